The van der Waals surface area contributed by atoms with Crippen LogP contribution in [0.15, 0.2) is 55.0 Å². The van der Waals surface area contributed by atoms with Crippen LogP contribution in [-0.4, -0.2) is 35.0 Å². The summed E-state index contributed by atoms with van der Waals surface area (Å²) in [5.74, 6) is 0.765. The Kier molecular flexibility index (Phi) is 6.48. The topological polar surface area (TPSA) is 99.5 Å². The first-order valence-corrected chi connectivity index (χ1v) is 10.5. The van der Waals surface area contributed by atoms with Gasteiger partial charge in [0.2, 0.25) is 0 Å². The first kappa shape index (κ1) is 22.8. The van der Waals surface area contributed by atoms with Gasteiger partial charge < -0.3 is 24.8 Å². The van der Waals surface area contributed by atoms with Crippen LogP contribution in [0.2, 0.25) is 0 Å². The maximum absolute atomic E-state index is 14.8. The van der Waals surface area contributed by atoms with Crippen molar-refractivity contribution in [1.29, 1.82) is 0 Å². The van der Waals surface area contributed by atoms with Crippen LogP contribution in [0.25, 0.3) is 10.9 Å². The molecule has 0 spiro atoms. The van der Waals surface area contributed by atoms with Crippen LogP contribution < -0.4 is 24.8 Å². The third-order valence-electron chi connectivity index (χ3n) is 5.00. The van der Waals surface area contributed by atoms with Crippen molar-refractivity contribution in [2.75, 3.05) is 24.9 Å². The Morgan fingerprint density at radius 1 is 0.971 bits per heavy atom. The Bertz CT molecular complexity index is 1340. The molecule has 0 saturated heterocycles. The molecule has 0 atom stereocenters. The van der Waals surface area contributed by atoms with Crippen LogP contribution in [0.1, 0.15) is 19.9 Å². The van der Waals surface area contributed by atoms with Gasteiger partial charge in [-0.1, -0.05) is 0 Å². The number of fused-ring (bicyclic) bond motifs is 1. The number of hydrogen-bond donors (Lipinski definition) is 2. The summed E-state index contributed by atoms with van der Waals surface area (Å²) >= 11 is 0. The zero-order chi connectivity index (χ0) is 24.2. The standard InChI is InChI=1S/C24H24FN5O4/c1-14(2)30-13-16(12-27-30)29-24(31)28-15-5-6-21(18(25)9-15)34-20-7-8-26-19-11-23(33-4)22(32-3)10-17(19)20/h5-14H,1-4H3,(H2,28,29,31). The monoisotopic (exact) mass is 465 g/mol. The fourth-order valence-electron chi connectivity index (χ4n) is 3.29. The molecule has 2 N–H and O–H groups in total. The van der Waals surface area contributed by atoms with E-state index in [0.29, 0.717) is 33.8 Å². The molecule has 176 valence electrons. The van der Waals surface area contributed by atoms with Crippen molar-refractivity contribution in [1.82, 2.24) is 14.8 Å². The minimum absolute atomic E-state index is 0.00791. The maximum Gasteiger partial charge on any atom is 0.323 e. The van der Waals surface area contributed by atoms with Crippen molar-refractivity contribution in [3.63, 3.8) is 0 Å². The van der Waals surface area contributed by atoms with Crippen molar-refractivity contribution in [3.8, 4) is 23.0 Å². The molecule has 0 aliphatic heterocycles. The molecule has 2 aromatic carbocycles. The zero-order valence-corrected chi connectivity index (χ0v) is 19.1. The number of carbonyl (C=O) groups is 1. The number of rotatable bonds is 7. The smallest absolute Gasteiger partial charge is 0.323 e. The highest BCUT2D eigenvalue weighted by Gasteiger charge is 2.14. The summed E-state index contributed by atoms with van der Waals surface area (Å²) in [5.41, 5.74) is 1.40. The number of aromatic nitrogens is 3. The van der Waals surface area contributed by atoms with E-state index < -0.39 is 11.8 Å². The SMILES string of the molecule is COc1cc2nccc(Oc3ccc(NC(=O)Nc4cnn(C(C)C)c4)cc3F)c2cc1OC. The Morgan fingerprint density at radius 2 is 1.71 bits per heavy atom. The quantitative estimate of drug-likeness (QED) is 0.368. The Labute approximate surface area is 195 Å². The molecule has 4 rings (SSSR count). The summed E-state index contributed by atoms with van der Waals surface area (Å²) in [7, 11) is 3.06. The molecule has 2 heterocycles. The number of hydrogen-bond acceptors (Lipinski definition) is 6. The normalized spacial score (nSPS) is 10.9. The lowest BCUT2D eigenvalue weighted by Gasteiger charge is -2.13. The lowest BCUT2D eigenvalue weighted by Crippen LogP contribution is -2.19. The van der Waals surface area contributed by atoms with E-state index in [1.807, 2.05) is 13.8 Å². The summed E-state index contributed by atoms with van der Waals surface area (Å²) in [6.07, 6.45) is 4.81. The van der Waals surface area contributed by atoms with Gasteiger partial charge in [-0.3, -0.25) is 9.67 Å². The van der Waals surface area contributed by atoms with Gasteiger partial charge in [-0.25, -0.2) is 9.18 Å². The molecular weight excluding hydrogens is 441 g/mol. The molecule has 0 aliphatic carbocycles. The predicted molar refractivity (Wildman–Crippen MR) is 127 cm³/mol. The fraction of sp³-hybridized carbons (Fsp3) is 0.208. The van der Waals surface area contributed by atoms with Crippen molar-refractivity contribution in [3.05, 3.63) is 60.8 Å². The second-order valence-electron chi connectivity index (χ2n) is 7.66. The number of anilines is 2. The average molecular weight is 465 g/mol. The van der Waals surface area contributed by atoms with Gasteiger partial charge in [0.1, 0.15) is 5.75 Å². The van der Waals surface area contributed by atoms with Crippen molar-refractivity contribution in [2.45, 2.75) is 19.9 Å². The highest BCUT2D eigenvalue weighted by Crippen LogP contribution is 2.37. The Hall–Kier alpha value is -4.34. The summed E-state index contributed by atoms with van der Waals surface area (Å²) in [6.45, 7) is 3.96. The second kappa shape index (κ2) is 9.65. The fourth-order valence-corrected chi connectivity index (χ4v) is 3.29. The lowest BCUT2D eigenvalue weighted by atomic mass is 10.2. The van der Waals surface area contributed by atoms with Crippen molar-refractivity contribution in [2.24, 2.45) is 0 Å². The number of ether oxygens (including phenoxy) is 3. The van der Waals surface area contributed by atoms with Gasteiger partial charge in [-0.15, -0.1) is 0 Å². The van der Waals surface area contributed by atoms with E-state index in [-0.39, 0.29) is 17.5 Å². The minimum atomic E-state index is -0.643. The molecule has 10 heteroatoms. The number of carbonyl (C=O) groups excluding carboxylic acids is 1. The van der Waals surface area contributed by atoms with Crippen molar-refractivity contribution < 1.29 is 23.4 Å². The third kappa shape index (κ3) is 4.85. The number of methoxy groups -OCH3 is 2. The van der Waals surface area contributed by atoms with Crippen LogP contribution in [0.4, 0.5) is 20.6 Å². The molecule has 0 unspecified atom stereocenters. The lowest BCUT2D eigenvalue weighted by molar-refractivity contribution is 0.262. The highest BCUT2D eigenvalue weighted by molar-refractivity contribution is 5.99. The van der Waals surface area contributed by atoms with Gasteiger partial charge in [0, 0.05) is 41.6 Å². The van der Waals surface area contributed by atoms with Gasteiger partial charge in [-0.2, -0.15) is 5.10 Å². The molecule has 2 aromatic heterocycles. The van der Waals surface area contributed by atoms with Crippen LogP contribution in [0.3, 0.4) is 0 Å². The molecule has 4 aromatic rings. The van der Waals surface area contributed by atoms with Gasteiger partial charge in [0.05, 0.1) is 31.6 Å². The first-order chi connectivity index (χ1) is 16.4. The van der Waals surface area contributed by atoms with E-state index >= 15 is 0 Å². The Morgan fingerprint density at radius 3 is 2.38 bits per heavy atom. The first-order valence-electron chi connectivity index (χ1n) is 10.5. The van der Waals surface area contributed by atoms with Crippen LogP contribution in [0.5, 0.6) is 23.0 Å². The molecule has 0 saturated carbocycles. The molecule has 0 bridgehead atoms. The number of pyridine rings is 1. The second-order valence-corrected chi connectivity index (χ2v) is 7.66. The number of amides is 2. The number of benzene rings is 2. The zero-order valence-electron chi connectivity index (χ0n) is 19.1. The summed E-state index contributed by atoms with van der Waals surface area (Å²) < 4.78 is 33.0. The predicted octanol–water partition coefficient (Wildman–Crippen LogP) is 5.60. The van der Waals surface area contributed by atoms with E-state index in [1.54, 1.807) is 47.5 Å². The number of nitrogens with zero attached hydrogens (tertiary/aromatic N) is 3. The van der Waals surface area contributed by atoms with E-state index in [0.717, 1.165) is 0 Å². The van der Waals surface area contributed by atoms with Gasteiger partial charge in [0.15, 0.2) is 23.1 Å². The summed E-state index contributed by atoms with van der Waals surface area (Å²) in [6, 6.07) is 8.88. The number of nitrogens with one attached hydrogen (secondary N) is 2. The van der Waals surface area contributed by atoms with E-state index in [2.05, 4.69) is 20.7 Å². The van der Waals surface area contributed by atoms with Crippen LogP contribution in [0, 0.1) is 5.82 Å². The third-order valence-corrected chi connectivity index (χ3v) is 5.00. The molecule has 2 amide bonds. The van der Waals surface area contributed by atoms with Gasteiger partial charge in [0.25, 0.3) is 0 Å². The Balaban J connectivity index is 1.50. The summed E-state index contributed by atoms with van der Waals surface area (Å²) in [5, 5.41) is 10.0. The van der Waals surface area contributed by atoms with Crippen LogP contribution >= 0.6 is 0 Å². The van der Waals surface area contributed by atoms with Crippen molar-refractivity contribution >= 4 is 28.3 Å². The molecule has 0 radical (unpaired) electrons. The highest BCUT2D eigenvalue weighted by atomic mass is 19.1. The van der Waals surface area contributed by atoms with E-state index in [4.69, 9.17) is 14.2 Å². The number of halogens is 1. The molecular formula is C24H24FN5O4. The van der Waals surface area contributed by atoms with Crippen LogP contribution in [-0.2, 0) is 0 Å². The van der Waals surface area contributed by atoms with E-state index in [9.17, 15) is 9.18 Å². The maximum atomic E-state index is 14.8. The molecule has 34 heavy (non-hydrogen) atoms. The largest absolute Gasteiger partial charge is 0.493 e. The molecule has 0 aliphatic rings. The van der Waals surface area contributed by atoms with Gasteiger partial charge >= 0.3 is 6.03 Å². The number of urea groups is 1. The summed E-state index contributed by atoms with van der Waals surface area (Å²) in [4.78, 5) is 16.6. The van der Waals surface area contributed by atoms with E-state index in [1.165, 1.54) is 26.4 Å². The minimum Gasteiger partial charge on any atom is -0.493 e. The molecule has 0 fully saturated rings. The molecule has 9 nitrogen and oxygen atoms in total. The average Bonchev–Trinajstić information content (AvgIpc) is 3.28. The van der Waals surface area contributed by atoms with Gasteiger partial charge in [-0.05, 0) is 38.1 Å².